The van der Waals surface area contributed by atoms with E-state index in [0.29, 0.717) is 16.8 Å². The number of rotatable bonds is 9. The average molecular weight is 660 g/mol. The summed E-state index contributed by atoms with van der Waals surface area (Å²) in [4.78, 5) is 38.8. The van der Waals surface area contributed by atoms with E-state index in [4.69, 9.17) is 27.9 Å². The van der Waals surface area contributed by atoms with Crippen molar-refractivity contribution in [3.8, 4) is 0 Å². The van der Waals surface area contributed by atoms with Crippen LogP contribution in [0.5, 0.6) is 0 Å². The summed E-state index contributed by atoms with van der Waals surface area (Å²) < 4.78 is 88.8. The van der Waals surface area contributed by atoms with Crippen LogP contribution in [0.25, 0.3) is 0 Å². The molecule has 1 amide bonds. The van der Waals surface area contributed by atoms with Gasteiger partial charge >= 0.3 is 18.3 Å². The minimum absolute atomic E-state index is 0.0852. The Bertz CT molecular complexity index is 1340. The summed E-state index contributed by atoms with van der Waals surface area (Å²) >= 11 is 11.9. The van der Waals surface area contributed by atoms with Crippen molar-refractivity contribution in [2.45, 2.75) is 70.4 Å². The first-order valence-electron chi connectivity index (χ1n) is 13.1. The van der Waals surface area contributed by atoms with E-state index in [-0.39, 0.29) is 38.8 Å². The average Bonchev–Trinajstić information content (AvgIpc) is 3.32. The van der Waals surface area contributed by atoms with Gasteiger partial charge in [-0.3, -0.25) is 19.1 Å². The Hall–Kier alpha value is -2.84. The highest BCUT2D eigenvalue weighted by molar-refractivity contribution is 6.40. The van der Waals surface area contributed by atoms with Gasteiger partial charge in [-0.05, 0) is 58.6 Å². The number of hydrogen-bond acceptors (Lipinski definition) is 5. The van der Waals surface area contributed by atoms with Crippen molar-refractivity contribution >= 4 is 40.9 Å². The summed E-state index contributed by atoms with van der Waals surface area (Å²) in [5.74, 6) is -3.99. The van der Waals surface area contributed by atoms with E-state index in [1.807, 2.05) is 0 Å². The van der Waals surface area contributed by atoms with E-state index in [0.717, 1.165) is 11.1 Å². The van der Waals surface area contributed by atoms with Crippen molar-refractivity contribution in [3.63, 3.8) is 0 Å². The number of aromatic nitrogens is 2. The fourth-order valence-electron chi connectivity index (χ4n) is 4.79. The zero-order valence-corrected chi connectivity index (χ0v) is 24.8. The van der Waals surface area contributed by atoms with Crippen LogP contribution in [-0.2, 0) is 21.9 Å². The third-order valence-corrected chi connectivity index (χ3v) is 7.45. The normalized spacial score (nSPS) is 18.0. The van der Waals surface area contributed by atoms with Gasteiger partial charge in [0, 0.05) is 6.54 Å². The molecule has 1 aromatic carbocycles. The lowest BCUT2D eigenvalue weighted by atomic mass is 9.86. The number of Topliss-reactive ketones (excluding diaryl/α,β-unsaturated/α-hetero) is 1. The highest BCUT2D eigenvalue weighted by atomic mass is 35.5. The van der Waals surface area contributed by atoms with Crippen molar-refractivity contribution < 1.29 is 50.6 Å². The molecule has 3 rings (SSSR count). The quantitative estimate of drug-likeness (QED) is 0.226. The maximum Gasteiger partial charge on any atom is 0.433 e. The van der Waals surface area contributed by atoms with Gasteiger partial charge in [-0.25, -0.2) is 0 Å². The molecule has 238 valence electrons. The van der Waals surface area contributed by atoms with Gasteiger partial charge in [-0.2, -0.15) is 31.4 Å². The zero-order valence-electron chi connectivity index (χ0n) is 23.3. The summed E-state index contributed by atoms with van der Waals surface area (Å²) in [7, 11) is 0. The van der Waals surface area contributed by atoms with Gasteiger partial charge in [0.05, 0.1) is 63.6 Å². The van der Waals surface area contributed by atoms with E-state index < -0.39 is 86.5 Å². The number of amides is 1. The van der Waals surface area contributed by atoms with Crippen molar-refractivity contribution in [1.29, 1.82) is 0 Å². The Balaban J connectivity index is 1.97. The minimum Gasteiger partial charge on any atom is -0.481 e. The number of aliphatic carboxylic acids is 1. The molecular weight excluding hydrogens is 631 g/mol. The smallest absolute Gasteiger partial charge is 0.433 e. The highest BCUT2D eigenvalue weighted by Gasteiger charge is 2.43. The van der Waals surface area contributed by atoms with Crippen molar-refractivity contribution in [1.82, 2.24) is 14.7 Å². The summed E-state index contributed by atoms with van der Waals surface area (Å²) in [6.45, 7) is 3.61. The molecule has 0 bridgehead atoms. The lowest BCUT2D eigenvalue weighted by Crippen LogP contribution is -2.40. The Morgan fingerprint density at radius 2 is 1.56 bits per heavy atom. The van der Waals surface area contributed by atoms with Crippen LogP contribution >= 0.6 is 23.2 Å². The second-order valence-electron chi connectivity index (χ2n) is 11.1. The van der Waals surface area contributed by atoms with Gasteiger partial charge in [0.15, 0.2) is 11.5 Å². The first-order chi connectivity index (χ1) is 19.7. The van der Waals surface area contributed by atoms with Gasteiger partial charge in [-0.15, -0.1) is 0 Å². The Morgan fingerprint density at radius 3 is 2.02 bits per heavy atom. The molecule has 0 unspecified atom stereocenters. The first kappa shape index (κ1) is 34.6. The number of carbonyl (C=O) groups excluding carboxylic acids is 2. The number of carboxylic acid groups (broad SMARTS) is 1. The summed E-state index contributed by atoms with van der Waals surface area (Å²) in [5, 5.41) is 11.8. The fraction of sp³-hybridized carbons (Fsp3) is 0.556. The molecule has 1 aliphatic rings. The largest absolute Gasteiger partial charge is 0.481 e. The monoisotopic (exact) mass is 659 g/mol. The van der Waals surface area contributed by atoms with Crippen molar-refractivity contribution in [3.05, 3.63) is 50.8 Å². The molecule has 0 atom stereocenters. The SMILES string of the molecule is CC(C)(C)OCCN(CC(=O)c1c(Cl)cc(C(F)(F)F)cc1Cl)C(=O)c1cnn([C@H]2CC[C@H](C(=O)O)CC2)c1C(F)(F)F. The maximum atomic E-state index is 14.4. The highest BCUT2D eigenvalue weighted by Crippen LogP contribution is 2.40. The number of halogens is 8. The third kappa shape index (κ3) is 8.63. The van der Waals surface area contributed by atoms with Crippen LogP contribution in [0.3, 0.4) is 0 Å². The number of carboxylic acids is 1. The van der Waals surface area contributed by atoms with Gasteiger partial charge < -0.3 is 14.7 Å². The lowest BCUT2D eigenvalue weighted by Gasteiger charge is -2.29. The van der Waals surface area contributed by atoms with Crippen LogP contribution in [0, 0.1) is 5.92 Å². The lowest BCUT2D eigenvalue weighted by molar-refractivity contribution is -0.147. The fourth-order valence-corrected chi connectivity index (χ4v) is 5.48. The van der Waals surface area contributed by atoms with Gasteiger partial charge in [0.25, 0.3) is 5.91 Å². The van der Waals surface area contributed by atoms with E-state index in [2.05, 4.69) is 5.10 Å². The maximum absolute atomic E-state index is 14.4. The van der Waals surface area contributed by atoms with Crippen LogP contribution in [0.15, 0.2) is 18.3 Å². The third-order valence-electron chi connectivity index (χ3n) is 6.85. The zero-order chi connectivity index (χ0) is 32.5. The van der Waals surface area contributed by atoms with Gasteiger partial charge in [-0.1, -0.05) is 23.2 Å². The van der Waals surface area contributed by atoms with Crippen molar-refractivity contribution in [2.24, 2.45) is 5.92 Å². The molecule has 2 aromatic rings. The molecule has 43 heavy (non-hydrogen) atoms. The standard InChI is InChI=1S/C27H29Cl2F6N3O5/c1-25(2,3)43-9-8-37(13-20(39)21-18(28)10-15(11-19(21)29)26(30,31)32)23(40)17-12-36-38(22(17)27(33,34)35)16-6-4-14(5-7-16)24(41)42/h10-12,14,16H,4-9,13H2,1-3H3,(H,41,42)/t14-,16-. The predicted molar refractivity (Wildman–Crippen MR) is 143 cm³/mol. The molecule has 8 nitrogen and oxygen atoms in total. The Morgan fingerprint density at radius 1 is 1.00 bits per heavy atom. The predicted octanol–water partition coefficient (Wildman–Crippen LogP) is 7.18. The molecule has 1 N–H and O–H groups in total. The summed E-state index contributed by atoms with van der Waals surface area (Å²) in [6.07, 6.45) is -8.72. The van der Waals surface area contributed by atoms with Crippen LogP contribution in [-0.4, -0.2) is 62.7 Å². The molecule has 0 saturated heterocycles. The van der Waals surface area contributed by atoms with Crippen LogP contribution in [0.1, 0.15) is 84.5 Å². The van der Waals surface area contributed by atoms with Gasteiger partial charge in [0.2, 0.25) is 0 Å². The Kier molecular flexibility index (Phi) is 10.5. The van der Waals surface area contributed by atoms with E-state index in [1.165, 1.54) is 0 Å². The first-order valence-corrected chi connectivity index (χ1v) is 13.9. The van der Waals surface area contributed by atoms with Crippen LogP contribution in [0.2, 0.25) is 10.0 Å². The molecule has 16 heteroatoms. The number of alkyl halides is 6. The summed E-state index contributed by atoms with van der Waals surface area (Å²) in [5.41, 5.74) is -4.69. The summed E-state index contributed by atoms with van der Waals surface area (Å²) in [6, 6.07) is 0.152. The number of ether oxygens (including phenoxy) is 1. The molecule has 1 fully saturated rings. The van der Waals surface area contributed by atoms with Crippen LogP contribution in [0.4, 0.5) is 26.3 Å². The topological polar surface area (TPSA) is 102 Å². The van der Waals surface area contributed by atoms with E-state index in [9.17, 15) is 45.8 Å². The number of hydrogen-bond donors (Lipinski definition) is 1. The second-order valence-corrected chi connectivity index (χ2v) is 11.9. The molecule has 0 spiro atoms. The number of carbonyl (C=O) groups is 3. The molecule has 1 aliphatic carbocycles. The Labute approximate surface area is 252 Å². The molecule has 1 aromatic heterocycles. The van der Waals surface area contributed by atoms with E-state index in [1.54, 1.807) is 20.8 Å². The van der Waals surface area contributed by atoms with Crippen LogP contribution < -0.4 is 0 Å². The van der Waals surface area contributed by atoms with Gasteiger partial charge in [0.1, 0.15) is 0 Å². The number of nitrogens with zero attached hydrogens (tertiary/aromatic N) is 3. The van der Waals surface area contributed by atoms with Crippen molar-refractivity contribution in [2.75, 3.05) is 19.7 Å². The molecular formula is C27H29Cl2F6N3O5. The second kappa shape index (κ2) is 13.0. The van der Waals surface area contributed by atoms with E-state index >= 15 is 0 Å². The molecule has 1 saturated carbocycles. The molecule has 1 heterocycles. The minimum atomic E-state index is -5.05. The molecule has 0 radical (unpaired) electrons. The number of ketones is 1. The number of benzene rings is 1. The molecule has 0 aliphatic heterocycles.